The summed E-state index contributed by atoms with van der Waals surface area (Å²) in [5.41, 5.74) is -0.454. The van der Waals surface area contributed by atoms with Gasteiger partial charge in [-0.15, -0.1) is 0 Å². The summed E-state index contributed by atoms with van der Waals surface area (Å²) in [4.78, 5) is -0.885. The minimum absolute atomic E-state index is 0.202. The van der Waals surface area contributed by atoms with Crippen molar-refractivity contribution in [1.29, 1.82) is 0 Å². The van der Waals surface area contributed by atoms with Gasteiger partial charge in [0.25, 0.3) is 0 Å². The Morgan fingerprint density at radius 1 is 0.800 bits per heavy atom. The molecule has 1 atom stereocenters. The molecule has 0 aliphatic rings. The highest BCUT2D eigenvalue weighted by Crippen LogP contribution is 2.31. The Kier molecular flexibility index (Phi) is 4.42. The second kappa shape index (κ2) is 5.91. The standard InChI is InChI=1S/C14H8BrF5/c15-9(4-8-10(16)2-1-3-11(8)17)7-5-13(19)14(20)6-12(7)18/h1-3,5-6,9H,4H2. The minimum atomic E-state index is -1.32. The maximum absolute atomic E-state index is 13.6. The molecule has 0 fully saturated rings. The third kappa shape index (κ3) is 3.00. The molecule has 0 N–H and O–H groups in total. The molecule has 0 radical (unpaired) electrons. The van der Waals surface area contributed by atoms with Crippen LogP contribution in [-0.4, -0.2) is 0 Å². The number of halogens is 6. The van der Waals surface area contributed by atoms with Crippen LogP contribution < -0.4 is 0 Å². The maximum atomic E-state index is 13.6. The van der Waals surface area contributed by atoms with Gasteiger partial charge in [0, 0.05) is 22.0 Å². The van der Waals surface area contributed by atoms with Crippen LogP contribution in [0, 0.1) is 29.1 Å². The summed E-state index contributed by atoms with van der Waals surface area (Å²) in [5.74, 6) is -5.08. The van der Waals surface area contributed by atoms with E-state index >= 15 is 0 Å². The van der Waals surface area contributed by atoms with Gasteiger partial charge in [-0.2, -0.15) is 0 Å². The Labute approximate surface area is 120 Å². The first-order valence-electron chi connectivity index (χ1n) is 5.61. The van der Waals surface area contributed by atoms with Crippen molar-refractivity contribution < 1.29 is 22.0 Å². The van der Waals surface area contributed by atoms with E-state index in [4.69, 9.17) is 0 Å². The first kappa shape index (κ1) is 15.0. The first-order chi connectivity index (χ1) is 9.40. The van der Waals surface area contributed by atoms with Crippen molar-refractivity contribution in [2.75, 3.05) is 0 Å². The Bertz CT molecular complexity index is 621. The fourth-order valence-corrected chi connectivity index (χ4v) is 2.47. The van der Waals surface area contributed by atoms with Crippen LogP contribution in [-0.2, 0) is 6.42 Å². The van der Waals surface area contributed by atoms with E-state index in [-0.39, 0.29) is 17.5 Å². The van der Waals surface area contributed by atoms with E-state index in [1.54, 1.807) is 0 Å². The van der Waals surface area contributed by atoms with Crippen molar-refractivity contribution in [1.82, 2.24) is 0 Å². The van der Waals surface area contributed by atoms with E-state index in [1.165, 1.54) is 6.07 Å². The summed E-state index contributed by atoms with van der Waals surface area (Å²) in [6.45, 7) is 0. The zero-order chi connectivity index (χ0) is 14.9. The molecule has 0 saturated heterocycles. The lowest BCUT2D eigenvalue weighted by Gasteiger charge is -2.13. The predicted molar refractivity (Wildman–Crippen MR) is 68.0 cm³/mol. The lowest BCUT2D eigenvalue weighted by molar-refractivity contribution is 0.488. The first-order valence-corrected chi connectivity index (χ1v) is 6.53. The van der Waals surface area contributed by atoms with Crippen LogP contribution >= 0.6 is 15.9 Å². The van der Waals surface area contributed by atoms with Crippen molar-refractivity contribution in [3.63, 3.8) is 0 Å². The summed E-state index contributed by atoms with van der Waals surface area (Å²) >= 11 is 3.04. The normalized spacial score (nSPS) is 12.5. The molecule has 1 unspecified atom stereocenters. The number of alkyl halides is 1. The van der Waals surface area contributed by atoms with E-state index in [9.17, 15) is 22.0 Å². The number of hydrogen-bond donors (Lipinski definition) is 0. The monoisotopic (exact) mass is 350 g/mol. The topological polar surface area (TPSA) is 0 Å². The fourth-order valence-electron chi connectivity index (χ4n) is 1.79. The van der Waals surface area contributed by atoms with Gasteiger partial charge in [-0.3, -0.25) is 0 Å². The molecule has 0 aliphatic carbocycles. The third-order valence-electron chi connectivity index (χ3n) is 2.82. The van der Waals surface area contributed by atoms with E-state index in [2.05, 4.69) is 15.9 Å². The molecule has 0 heterocycles. The van der Waals surface area contributed by atoms with Crippen LogP contribution in [0.3, 0.4) is 0 Å². The molecule has 20 heavy (non-hydrogen) atoms. The molecule has 0 saturated carbocycles. The van der Waals surface area contributed by atoms with Crippen LogP contribution in [0.2, 0.25) is 0 Å². The molecular weight excluding hydrogens is 343 g/mol. The lowest BCUT2D eigenvalue weighted by atomic mass is 10.0. The lowest BCUT2D eigenvalue weighted by Crippen LogP contribution is -2.04. The quantitative estimate of drug-likeness (QED) is 0.412. The summed E-state index contributed by atoms with van der Waals surface area (Å²) in [7, 11) is 0. The summed E-state index contributed by atoms with van der Waals surface area (Å²) < 4.78 is 66.5. The van der Waals surface area contributed by atoms with Crippen LogP contribution in [0.15, 0.2) is 30.3 Å². The number of benzene rings is 2. The average Bonchev–Trinajstić information content (AvgIpc) is 2.38. The highest BCUT2D eigenvalue weighted by molar-refractivity contribution is 9.09. The van der Waals surface area contributed by atoms with E-state index < -0.39 is 33.9 Å². The van der Waals surface area contributed by atoms with Crippen molar-refractivity contribution in [3.8, 4) is 0 Å². The van der Waals surface area contributed by atoms with Gasteiger partial charge < -0.3 is 0 Å². The van der Waals surface area contributed by atoms with Gasteiger partial charge in [0.05, 0.1) is 0 Å². The van der Waals surface area contributed by atoms with E-state index in [0.29, 0.717) is 12.1 Å². The van der Waals surface area contributed by atoms with Crippen LogP contribution in [0.4, 0.5) is 22.0 Å². The van der Waals surface area contributed by atoms with E-state index in [1.807, 2.05) is 0 Å². The Hall–Kier alpha value is -1.43. The van der Waals surface area contributed by atoms with Gasteiger partial charge in [0.2, 0.25) is 0 Å². The van der Waals surface area contributed by atoms with Gasteiger partial charge in [-0.1, -0.05) is 22.0 Å². The summed E-state index contributed by atoms with van der Waals surface area (Å²) in [6.07, 6.45) is -0.236. The Balaban J connectivity index is 2.33. The van der Waals surface area contributed by atoms with Crippen LogP contribution in [0.5, 0.6) is 0 Å². The fraction of sp³-hybridized carbons (Fsp3) is 0.143. The molecule has 0 amide bonds. The molecular formula is C14H8BrF5. The van der Waals surface area contributed by atoms with Gasteiger partial charge in [0.15, 0.2) is 11.6 Å². The van der Waals surface area contributed by atoms with Crippen molar-refractivity contribution in [3.05, 3.63) is 70.5 Å². The van der Waals surface area contributed by atoms with Crippen LogP contribution in [0.25, 0.3) is 0 Å². The molecule has 0 bridgehead atoms. The zero-order valence-electron chi connectivity index (χ0n) is 9.94. The smallest absolute Gasteiger partial charge is 0.161 e. The SMILES string of the molecule is Fc1cc(F)c(C(Br)Cc2c(F)cccc2F)cc1F. The second-order valence-electron chi connectivity index (χ2n) is 4.16. The van der Waals surface area contributed by atoms with Crippen molar-refractivity contribution in [2.24, 2.45) is 0 Å². The third-order valence-corrected chi connectivity index (χ3v) is 3.64. The van der Waals surface area contributed by atoms with Crippen molar-refractivity contribution in [2.45, 2.75) is 11.2 Å². The van der Waals surface area contributed by atoms with Crippen LogP contribution in [0.1, 0.15) is 16.0 Å². The molecule has 6 heteroatoms. The van der Waals surface area contributed by atoms with E-state index in [0.717, 1.165) is 12.1 Å². The van der Waals surface area contributed by atoms with Crippen molar-refractivity contribution >= 4 is 15.9 Å². The Morgan fingerprint density at radius 3 is 1.95 bits per heavy atom. The average molecular weight is 351 g/mol. The largest absolute Gasteiger partial charge is 0.207 e. The Morgan fingerprint density at radius 2 is 1.35 bits per heavy atom. The second-order valence-corrected chi connectivity index (χ2v) is 5.27. The molecule has 2 aromatic rings. The molecule has 0 nitrogen and oxygen atoms in total. The molecule has 0 aliphatic heterocycles. The van der Waals surface area contributed by atoms with Gasteiger partial charge >= 0.3 is 0 Å². The minimum Gasteiger partial charge on any atom is -0.207 e. The predicted octanol–water partition coefficient (Wildman–Crippen LogP) is 5.06. The molecule has 0 spiro atoms. The zero-order valence-corrected chi connectivity index (χ0v) is 11.5. The number of hydrogen-bond acceptors (Lipinski definition) is 0. The van der Waals surface area contributed by atoms with Gasteiger partial charge in [-0.05, 0) is 24.6 Å². The van der Waals surface area contributed by atoms with Gasteiger partial charge in [0.1, 0.15) is 17.5 Å². The molecule has 106 valence electrons. The molecule has 2 rings (SSSR count). The highest BCUT2D eigenvalue weighted by atomic mass is 79.9. The highest BCUT2D eigenvalue weighted by Gasteiger charge is 2.20. The molecule has 2 aromatic carbocycles. The maximum Gasteiger partial charge on any atom is 0.161 e. The molecule has 0 aromatic heterocycles. The summed E-state index contributed by atoms with van der Waals surface area (Å²) in [6, 6.07) is 4.41. The summed E-state index contributed by atoms with van der Waals surface area (Å²) in [5, 5.41) is 0. The van der Waals surface area contributed by atoms with Gasteiger partial charge in [-0.25, -0.2) is 22.0 Å². The number of rotatable bonds is 3.